The number of aliphatic hydroxyl groups is 1. The summed E-state index contributed by atoms with van der Waals surface area (Å²) < 4.78 is 1.46. The maximum absolute atomic E-state index is 11.1. The molecule has 1 aromatic heterocycles. The van der Waals surface area contributed by atoms with Gasteiger partial charge < -0.3 is 10.2 Å². The smallest absolute Gasteiger partial charge is 0.358 e. The van der Waals surface area contributed by atoms with Crippen LogP contribution in [0.15, 0.2) is 24.3 Å². The number of benzene rings is 1. The number of aryl methyl sites for hydroxylation is 2. The van der Waals surface area contributed by atoms with Gasteiger partial charge >= 0.3 is 5.97 Å². The van der Waals surface area contributed by atoms with Crippen LogP contribution in [0, 0.1) is 6.92 Å². The van der Waals surface area contributed by atoms with Gasteiger partial charge in [0.1, 0.15) is 0 Å². The molecule has 0 fully saturated rings. The molecule has 0 saturated heterocycles. The molecule has 106 valence electrons. The van der Waals surface area contributed by atoms with E-state index in [0.717, 1.165) is 5.56 Å². The minimum atomic E-state index is -1.09. The molecule has 6 nitrogen and oxygen atoms in total. The minimum absolute atomic E-state index is 0.0365. The average Bonchev–Trinajstić information content (AvgIpc) is 2.82. The normalized spacial score (nSPS) is 10.7. The Kier molecular flexibility index (Phi) is 4.47. The van der Waals surface area contributed by atoms with Crippen LogP contribution in [0.1, 0.15) is 27.3 Å². The highest BCUT2D eigenvalue weighted by molar-refractivity contribution is 5.86. The Labute approximate surface area is 116 Å². The molecular formula is C14H17N3O3. The Morgan fingerprint density at radius 1 is 1.25 bits per heavy atom. The lowest BCUT2D eigenvalue weighted by atomic mass is 10.1. The topological polar surface area (TPSA) is 88.2 Å². The number of aromatic nitrogens is 3. The average molecular weight is 275 g/mol. The largest absolute Gasteiger partial charge is 0.476 e. The van der Waals surface area contributed by atoms with Gasteiger partial charge in [-0.3, -0.25) is 0 Å². The molecule has 0 aliphatic heterocycles. The number of hydrogen-bond donors (Lipinski definition) is 2. The molecule has 2 aromatic rings. The van der Waals surface area contributed by atoms with Gasteiger partial charge in [-0.2, -0.15) is 0 Å². The number of carboxylic acids is 1. The maximum atomic E-state index is 11.1. The Hall–Kier alpha value is -2.21. The van der Waals surface area contributed by atoms with Gasteiger partial charge in [-0.15, -0.1) is 5.10 Å². The highest BCUT2D eigenvalue weighted by Gasteiger charge is 2.18. The van der Waals surface area contributed by atoms with Crippen LogP contribution in [0.4, 0.5) is 0 Å². The van der Waals surface area contributed by atoms with Crippen LogP contribution < -0.4 is 0 Å². The van der Waals surface area contributed by atoms with E-state index in [-0.39, 0.29) is 18.8 Å². The summed E-state index contributed by atoms with van der Waals surface area (Å²) in [6, 6.07) is 8.10. The number of carbonyl (C=O) groups is 1. The van der Waals surface area contributed by atoms with E-state index in [1.807, 2.05) is 31.2 Å². The molecule has 1 aromatic carbocycles. The first-order chi connectivity index (χ1) is 9.61. The zero-order valence-corrected chi connectivity index (χ0v) is 11.3. The third-order valence-electron chi connectivity index (χ3n) is 3.12. The van der Waals surface area contributed by atoms with Crippen LogP contribution in [0.5, 0.6) is 0 Å². The van der Waals surface area contributed by atoms with Crippen LogP contribution >= 0.6 is 0 Å². The van der Waals surface area contributed by atoms with Crippen molar-refractivity contribution in [3.63, 3.8) is 0 Å². The molecule has 2 rings (SSSR count). The summed E-state index contributed by atoms with van der Waals surface area (Å²) in [4.78, 5) is 11.1. The van der Waals surface area contributed by atoms with E-state index < -0.39 is 5.97 Å². The number of nitrogens with zero attached hydrogens (tertiary/aromatic N) is 3. The third-order valence-corrected chi connectivity index (χ3v) is 3.12. The summed E-state index contributed by atoms with van der Waals surface area (Å²) in [5, 5.41) is 25.5. The lowest BCUT2D eigenvalue weighted by molar-refractivity contribution is 0.0689. The van der Waals surface area contributed by atoms with Gasteiger partial charge in [0.25, 0.3) is 0 Å². The second-order valence-electron chi connectivity index (χ2n) is 4.62. The van der Waals surface area contributed by atoms with Crippen molar-refractivity contribution in [2.45, 2.75) is 26.3 Å². The number of aromatic carboxylic acids is 1. The fourth-order valence-electron chi connectivity index (χ4n) is 2.04. The standard InChI is InChI=1S/C14H17N3O3/c1-10-2-4-11(5-3-10)6-7-12-13(14(19)20)15-16-17(12)8-9-18/h2-5,18H,6-9H2,1H3,(H,19,20). The molecule has 0 atom stereocenters. The molecule has 2 N–H and O–H groups in total. The summed E-state index contributed by atoms with van der Waals surface area (Å²) in [5.74, 6) is -1.09. The van der Waals surface area contributed by atoms with Crippen molar-refractivity contribution < 1.29 is 15.0 Å². The molecule has 0 spiro atoms. The summed E-state index contributed by atoms with van der Waals surface area (Å²) in [6.07, 6.45) is 1.23. The van der Waals surface area contributed by atoms with Crippen LogP contribution in [-0.4, -0.2) is 37.8 Å². The van der Waals surface area contributed by atoms with Crippen LogP contribution in [-0.2, 0) is 19.4 Å². The van der Waals surface area contributed by atoms with Crippen molar-refractivity contribution in [3.8, 4) is 0 Å². The van der Waals surface area contributed by atoms with Crippen molar-refractivity contribution in [3.05, 3.63) is 46.8 Å². The van der Waals surface area contributed by atoms with E-state index in [9.17, 15) is 4.79 Å². The number of rotatable bonds is 6. The second kappa shape index (κ2) is 6.29. The van der Waals surface area contributed by atoms with Crippen LogP contribution in [0.2, 0.25) is 0 Å². The van der Waals surface area contributed by atoms with Crippen molar-refractivity contribution in [2.75, 3.05) is 6.61 Å². The van der Waals surface area contributed by atoms with E-state index in [4.69, 9.17) is 10.2 Å². The molecule has 1 heterocycles. The van der Waals surface area contributed by atoms with Gasteiger partial charge in [0.15, 0.2) is 5.69 Å². The van der Waals surface area contributed by atoms with Gasteiger partial charge in [0.2, 0.25) is 0 Å². The summed E-state index contributed by atoms with van der Waals surface area (Å²) in [7, 11) is 0. The Balaban J connectivity index is 2.16. The minimum Gasteiger partial charge on any atom is -0.476 e. The van der Waals surface area contributed by atoms with E-state index in [2.05, 4.69) is 10.3 Å². The molecule has 20 heavy (non-hydrogen) atoms. The monoisotopic (exact) mass is 275 g/mol. The second-order valence-corrected chi connectivity index (χ2v) is 4.62. The SMILES string of the molecule is Cc1ccc(CCc2c(C(=O)O)nnn2CCO)cc1. The van der Waals surface area contributed by atoms with Gasteiger partial charge in [0.05, 0.1) is 18.8 Å². The zero-order chi connectivity index (χ0) is 14.5. The molecule has 0 radical (unpaired) electrons. The van der Waals surface area contributed by atoms with E-state index in [1.165, 1.54) is 10.2 Å². The number of carboxylic acid groups (broad SMARTS) is 1. The van der Waals surface area contributed by atoms with Crippen molar-refractivity contribution in [2.24, 2.45) is 0 Å². The van der Waals surface area contributed by atoms with Crippen LogP contribution in [0.3, 0.4) is 0 Å². The highest BCUT2D eigenvalue weighted by Crippen LogP contribution is 2.12. The van der Waals surface area contributed by atoms with Crippen molar-refractivity contribution in [1.82, 2.24) is 15.0 Å². The lowest BCUT2D eigenvalue weighted by Gasteiger charge is -2.06. The van der Waals surface area contributed by atoms with Crippen molar-refractivity contribution >= 4 is 5.97 Å². The molecule has 0 saturated carbocycles. The Morgan fingerprint density at radius 2 is 1.95 bits per heavy atom. The summed E-state index contributed by atoms with van der Waals surface area (Å²) >= 11 is 0. The molecule has 0 unspecified atom stereocenters. The molecule has 0 amide bonds. The fraction of sp³-hybridized carbons (Fsp3) is 0.357. The lowest BCUT2D eigenvalue weighted by Crippen LogP contribution is -2.11. The quantitative estimate of drug-likeness (QED) is 0.823. The first-order valence-electron chi connectivity index (χ1n) is 6.44. The van der Waals surface area contributed by atoms with Crippen molar-refractivity contribution in [1.29, 1.82) is 0 Å². The number of aliphatic hydroxyl groups excluding tert-OH is 1. The summed E-state index contributed by atoms with van der Waals surface area (Å²) in [5.41, 5.74) is 2.83. The zero-order valence-electron chi connectivity index (χ0n) is 11.3. The molecule has 0 aliphatic carbocycles. The van der Waals surface area contributed by atoms with Gasteiger partial charge in [-0.1, -0.05) is 35.0 Å². The molecular weight excluding hydrogens is 258 g/mol. The van der Waals surface area contributed by atoms with E-state index in [0.29, 0.717) is 18.5 Å². The third kappa shape index (κ3) is 3.21. The molecule has 0 aliphatic rings. The maximum Gasteiger partial charge on any atom is 0.358 e. The van der Waals surface area contributed by atoms with Gasteiger partial charge in [-0.25, -0.2) is 9.48 Å². The first kappa shape index (κ1) is 14.2. The van der Waals surface area contributed by atoms with Crippen LogP contribution in [0.25, 0.3) is 0 Å². The Morgan fingerprint density at radius 3 is 2.55 bits per heavy atom. The first-order valence-corrected chi connectivity index (χ1v) is 6.44. The van der Waals surface area contributed by atoms with E-state index >= 15 is 0 Å². The number of hydrogen-bond acceptors (Lipinski definition) is 4. The summed E-state index contributed by atoms with van der Waals surface area (Å²) in [6.45, 7) is 2.18. The molecule has 6 heteroatoms. The fourth-order valence-corrected chi connectivity index (χ4v) is 2.04. The Bertz CT molecular complexity index is 590. The van der Waals surface area contributed by atoms with Gasteiger partial charge in [-0.05, 0) is 25.3 Å². The van der Waals surface area contributed by atoms with Gasteiger partial charge in [0, 0.05) is 0 Å². The molecule has 0 bridgehead atoms. The predicted molar refractivity (Wildman–Crippen MR) is 72.7 cm³/mol. The highest BCUT2D eigenvalue weighted by atomic mass is 16.4. The van der Waals surface area contributed by atoms with E-state index in [1.54, 1.807) is 0 Å². The predicted octanol–water partition coefficient (Wildman–Crippen LogP) is 1.06.